The first-order chi connectivity index (χ1) is 10.9. The molecule has 3 aromatic rings. The molecule has 0 aliphatic heterocycles. The zero-order valence-electron chi connectivity index (χ0n) is 11.4. The zero-order valence-corrected chi connectivity index (χ0v) is 12.2. The van der Waals surface area contributed by atoms with Gasteiger partial charge < -0.3 is 0 Å². The lowest BCUT2D eigenvalue weighted by Crippen LogP contribution is -2.16. The van der Waals surface area contributed by atoms with Gasteiger partial charge in [-0.1, -0.05) is 18.2 Å². The molecule has 0 spiro atoms. The van der Waals surface area contributed by atoms with E-state index in [-0.39, 0.29) is 5.69 Å². The van der Waals surface area contributed by atoms with Crippen molar-refractivity contribution in [1.82, 2.24) is 4.98 Å². The molecule has 0 saturated carbocycles. The lowest BCUT2D eigenvalue weighted by atomic mass is 10.2. The number of para-hydroxylation sites is 1. The van der Waals surface area contributed by atoms with E-state index in [0.29, 0.717) is 23.0 Å². The van der Waals surface area contributed by atoms with Crippen LogP contribution in [-0.2, 0) is 10.0 Å². The Morgan fingerprint density at radius 2 is 1.65 bits per heavy atom. The van der Waals surface area contributed by atoms with E-state index in [1.807, 2.05) is 0 Å². The van der Waals surface area contributed by atoms with Gasteiger partial charge in [-0.15, -0.1) is 0 Å². The molecule has 3 rings (SSSR count). The molecule has 0 aliphatic carbocycles. The quantitative estimate of drug-likeness (QED) is 0.744. The summed E-state index contributed by atoms with van der Waals surface area (Å²) < 4.78 is 66.6. The summed E-state index contributed by atoms with van der Waals surface area (Å²) in [5, 5.41) is 0.665. The van der Waals surface area contributed by atoms with Crippen LogP contribution < -0.4 is 4.72 Å². The van der Waals surface area contributed by atoms with Crippen LogP contribution in [0.15, 0.2) is 53.6 Å². The number of rotatable bonds is 3. The fourth-order valence-corrected chi connectivity index (χ4v) is 3.24. The third-order valence-electron chi connectivity index (χ3n) is 3.17. The Morgan fingerprint density at radius 1 is 0.913 bits per heavy atom. The minimum atomic E-state index is -4.45. The van der Waals surface area contributed by atoms with Gasteiger partial charge in [0, 0.05) is 11.6 Å². The number of sulfonamides is 1. The Kier molecular flexibility index (Phi) is 3.69. The standard InChI is InChI=1S/C15H9F3N2O2S/c16-10-6-7-12(14(18)13(10)17)23(21,22)20-11-5-1-3-9-4-2-8-19-15(9)11/h1-8,20H. The molecule has 4 nitrogen and oxygen atoms in total. The number of nitrogens with one attached hydrogen (secondary N) is 1. The highest BCUT2D eigenvalue weighted by atomic mass is 32.2. The molecule has 0 unspecified atom stereocenters. The van der Waals surface area contributed by atoms with Crippen molar-refractivity contribution in [2.24, 2.45) is 0 Å². The van der Waals surface area contributed by atoms with Crippen molar-refractivity contribution in [3.8, 4) is 0 Å². The summed E-state index contributed by atoms with van der Waals surface area (Å²) in [5.74, 6) is -5.08. The first kappa shape index (κ1) is 15.3. The van der Waals surface area contributed by atoms with Crippen molar-refractivity contribution in [1.29, 1.82) is 0 Å². The smallest absolute Gasteiger partial charge is 0.265 e. The molecule has 0 aliphatic rings. The minimum absolute atomic E-state index is 0.104. The predicted molar refractivity (Wildman–Crippen MR) is 78.9 cm³/mol. The number of pyridine rings is 1. The number of halogens is 3. The third kappa shape index (κ3) is 2.72. The summed E-state index contributed by atoms with van der Waals surface area (Å²) in [6.45, 7) is 0. The van der Waals surface area contributed by atoms with Gasteiger partial charge in [-0.3, -0.25) is 9.71 Å². The molecule has 0 fully saturated rings. The van der Waals surface area contributed by atoms with Gasteiger partial charge in [-0.05, 0) is 24.3 Å². The van der Waals surface area contributed by atoms with E-state index in [1.165, 1.54) is 12.3 Å². The topological polar surface area (TPSA) is 59.1 Å². The minimum Gasteiger partial charge on any atom is -0.277 e. The number of benzene rings is 2. The van der Waals surface area contributed by atoms with Gasteiger partial charge in [0.25, 0.3) is 10.0 Å². The molecule has 0 saturated heterocycles. The summed E-state index contributed by atoms with van der Waals surface area (Å²) >= 11 is 0. The van der Waals surface area contributed by atoms with E-state index in [2.05, 4.69) is 9.71 Å². The fraction of sp³-hybridized carbons (Fsp3) is 0. The van der Waals surface area contributed by atoms with Crippen LogP contribution >= 0.6 is 0 Å². The van der Waals surface area contributed by atoms with E-state index >= 15 is 0 Å². The maximum absolute atomic E-state index is 13.7. The van der Waals surface area contributed by atoms with E-state index in [0.717, 1.165) is 0 Å². The molecular weight excluding hydrogens is 329 g/mol. The first-order valence-corrected chi connectivity index (χ1v) is 7.88. The van der Waals surface area contributed by atoms with Gasteiger partial charge in [0.05, 0.1) is 11.2 Å². The molecule has 118 valence electrons. The van der Waals surface area contributed by atoms with Crippen LogP contribution in [-0.4, -0.2) is 13.4 Å². The second-order valence-corrected chi connectivity index (χ2v) is 6.31. The van der Waals surface area contributed by atoms with Gasteiger partial charge in [-0.2, -0.15) is 0 Å². The Morgan fingerprint density at radius 3 is 2.43 bits per heavy atom. The van der Waals surface area contributed by atoms with Gasteiger partial charge in [0.15, 0.2) is 17.5 Å². The lowest BCUT2D eigenvalue weighted by molar-refractivity contribution is 0.432. The highest BCUT2D eigenvalue weighted by Crippen LogP contribution is 2.26. The molecule has 23 heavy (non-hydrogen) atoms. The number of hydrogen-bond acceptors (Lipinski definition) is 3. The highest BCUT2D eigenvalue weighted by molar-refractivity contribution is 7.92. The molecule has 8 heteroatoms. The maximum Gasteiger partial charge on any atom is 0.265 e. The van der Waals surface area contributed by atoms with Crippen molar-refractivity contribution in [2.45, 2.75) is 4.90 Å². The number of hydrogen-bond donors (Lipinski definition) is 1. The SMILES string of the molecule is O=S(=O)(Nc1cccc2cccnc12)c1ccc(F)c(F)c1F. The Balaban J connectivity index is 2.10. The molecule has 0 atom stereocenters. The van der Waals surface area contributed by atoms with Gasteiger partial charge in [0.1, 0.15) is 4.90 Å². The van der Waals surface area contributed by atoms with E-state index < -0.39 is 32.4 Å². The second-order valence-electron chi connectivity index (χ2n) is 4.66. The van der Waals surface area contributed by atoms with Crippen molar-refractivity contribution < 1.29 is 21.6 Å². The first-order valence-electron chi connectivity index (χ1n) is 6.40. The van der Waals surface area contributed by atoms with Gasteiger partial charge >= 0.3 is 0 Å². The monoisotopic (exact) mass is 338 g/mol. The molecule has 0 bridgehead atoms. The molecule has 1 N–H and O–H groups in total. The van der Waals surface area contributed by atoms with E-state index in [1.54, 1.807) is 24.3 Å². The summed E-state index contributed by atoms with van der Waals surface area (Å²) in [4.78, 5) is 3.08. The summed E-state index contributed by atoms with van der Waals surface area (Å²) in [6.07, 6.45) is 1.47. The second kappa shape index (κ2) is 5.54. The number of fused-ring (bicyclic) bond motifs is 1. The average Bonchev–Trinajstić information content (AvgIpc) is 2.52. The molecular formula is C15H9F3N2O2S. The van der Waals surface area contributed by atoms with Crippen LogP contribution in [0.2, 0.25) is 0 Å². The molecule has 1 aromatic heterocycles. The highest BCUT2D eigenvalue weighted by Gasteiger charge is 2.24. The molecule has 0 amide bonds. The predicted octanol–water partition coefficient (Wildman–Crippen LogP) is 3.45. The lowest BCUT2D eigenvalue weighted by Gasteiger charge is -2.11. The summed E-state index contributed by atoms with van der Waals surface area (Å²) in [7, 11) is -4.45. The molecule has 2 aromatic carbocycles. The van der Waals surface area contributed by atoms with Crippen LogP contribution in [0.3, 0.4) is 0 Å². The summed E-state index contributed by atoms with van der Waals surface area (Å²) in [6, 6.07) is 9.35. The fourth-order valence-electron chi connectivity index (χ4n) is 2.10. The van der Waals surface area contributed by atoms with Crippen molar-refractivity contribution >= 4 is 26.6 Å². The molecule has 1 heterocycles. The van der Waals surface area contributed by atoms with E-state index in [4.69, 9.17) is 0 Å². The molecule has 0 radical (unpaired) electrons. The van der Waals surface area contributed by atoms with Gasteiger partial charge in [0.2, 0.25) is 0 Å². The number of anilines is 1. The third-order valence-corrected chi connectivity index (χ3v) is 4.55. The number of nitrogens with zero attached hydrogens (tertiary/aromatic N) is 1. The van der Waals surface area contributed by atoms with Gasteiger partial charge in [-0.25, -0.2) is 21.6 Å². The van der Waals surface area contributed by atoms with Crippen LogP contribution in [0.25, 0.3) is 10.9 Å². The van der Waals surface area contributed by atoms with Crippen molar-refractivity contribution in [3.63, 3.8) is 0 Å². The normalized spacial score (nSPS) is 11.6. The average molecular weight is 338 g/mol. The van der Waals surface area contributed by atoms with Crippen LogP contribution in [0.1, 0.15) is 0 Å². The van der Waals surface area contributed by atoms with Crippen LogP contribution in [0.5, 0.6) is 0 Å². The maximum atomic E-state index is 13.7. The van der Waals surface area contributed by atoms with Crippen molar-refractivity contribution in [3.05, 3.63) is 66.1 Å². The van der Waals surface area contributed by atoms with Crippen LogP contribution in [0, 0.1) is 17.5 Å². The number of aromatic nitrogens is 1. The summed E-state index contributed by atoms with van der Waals surface area (Å²) in [5.41, 5.74) is 0.453. The largest absolute Gasteiger partial charge is 0.277 e. The zero-order chi connectivity index (χ0) is 16.6. The Bertz CT molecular complexity index is 1000. The van der Waals surface area contributed by atoms with Crippen LogP contribution in [0.4, 0.5) is 18.9 Å². The van der Waals surface area contributed by atoms with E-state index in [9.17, 15) is 21.6 Å². The van der Waals surface area contributed by atoms with Crippen molar-refractivity contribution in [2.75, 3.05) is 4.72 Å². The Hall–Kier alpha value is -2.61. The Labute approximate surface area is 129 Å².